The van der Waals surface area contributed by atoms with Crippen molar-refractivity contribution in [2.75, 3.05) is 0 Å². The highest BCUT2D eigenvalue weighted by molar-refractivity contribution is 14.1. The van der Waals surface area contributed by atoms with Crippen LogP contribution < -0.4 is 0 Å². The summed E-state index contributed by atoms with van der Waals surface area (Å²) in [6, 6.07) is 5.70. The molecule has 1 aromatic carbocycles. The number of hydrogen-bond acceptors (Lipinski definition) is 2. The average Bonchev–Trinajstić information content (AvgIpc) is 2.43. The highest BCUT2D eigenvalue weighted by Crippen LogP contribution is 2.33. The van der Waals surface area contributed by atoms with E-state index in [-0.39, 0.29) is 0 Å². The van der Waals surface area contributed by atoms with Crippen LogP contribution in [0.25, 0.3) is 10.1 Å². The lowest BCUT2D eigenvalue weighted by Crippen LogP contribution is -1.76. The molecule has 0 aliphatic carbocycles. The van der Waals surface area contributed by atoms with Gasteiger partial charge in [-0.05, 0) is 51.7 Å². The van der Waals surface area contributed by atoms with Crippen LogP contribution in [0.15, 0.2) is 18.2 Å². The van der Waals surface area contributed by atoms with Crippen LogP contribution in [0.1, 0.15) is 5.56 Å². The van der Waals surface area contributed by atoms with Crippen molar-refractivity contribution >= 4 is 59.9 Å². The number of aromatic hydroxyl groups is 1. The van der Waals surface area contributed by atoms with Gasteiger partial charge in [0.25, 0.3) is 0 Å². The normalized spacial score (nSPS) is 10.9. The molecule has 0 aliphatic rings. The summed E-state index contributed by atoms with van der Waals surface area (Å²) >= 11 is 7.47. The van der Waals surface area contributed by atoms with E-state index in [9.17, 15) is 5.11 Å². The molecule has 1 aromatic heterocycles. The number of thiophene rings is 1. The van der Waals surface area contributed by atoms with Crippen molar-refractivity contribution < 1.29 is 5.11 Å². The minimum atomic E-state index is 0.344. The van der Waals surface area contributed by atoms with Crippen molar-refractivity contribution in [2.24, 2.45) is 0 Å². The quantitative estimate of drug-likeness (QED) is 0.593. The number of halogens is 2. The first-order valence-electron chi connectivity index (χ1n) is 3.67. The van der Waals surface area contributed by atoms with Gasteiger partial charge in [-0.25, -0.2) is 0 Å². The fourth-order valence-corrected chi connectivity index (χ4v) is 3.78. The number of alkyl halides is 1. The van der Waals surface area contributed by atoms with E-state index in [2.05, 4.69) is 44.6 Å². The topological polar surface area (TPSA) is 20.2 Å². The Hall–Kier alpha value is 0.190. The van der Waals surface area contributed by atoms with Crippen LogP contribution in [0.2, 0.25) is 0 Å². The van der Waals surface area contributed by atoms with Crippen LogP contribution >= 0.6 is 49.9 Å². The van der Waals surface area contributed by atoms with Gasteiger partial charge >= 0.3 is 0 Å². The van der Waals surface area contributed by atoms with Crippen LogP contribution in [0.4, 0.5) is 0 Å². The van der Waals surface area contributed by atoms with Crippen molar-refractivity contribution in [2.45, 2.75) is 5.33 Å². The molecule has 13 heavy (non-hydrogen) atoms. The number of rotatable bonds is 1. The molecule has 0 radical (unpaired) electrons. The van der Waals surface area contributed by atoms with E-state index >= 15 is 0 Å². The molecule has 0 bridgehead atoms. The van der Waals surface area contributed by atoms with Gasteiger partial charge in [-0.15, -0.1) is 11.3 Å². The number of phenolic OH excluding ortho intramolecular Hbond substituents is 1. The first-order chi connectivity index (χ1) is 6.20. The Morgan fingerprint density at radius 1 is 1.38 bits per heavy atom. The number of phenols is 1. The summed E-state index contributed by atoms with van der Waals surface area (Å²) in [6.45, 7) is 0. The molecule has 2 aromatic rings. The molecule has 68 valence electrons. The summed E-state index contributed by atoms with van der Waals surface area (Å²) in [7, 11) is 0. The molecule has 0 fully saturated rings. The van der Waals surface area contributed by atoms with E-state index in [1.54, 1.807) is 17.4 Å². The highest BCUT2D eigenvalue weighted by Gasteiger charge is 2.06. The first-order valence-corrected chi connectivity index (χ1v) is 6.69. The molecule has 0 atom stereocenters. The molecule has 0 aliphatic heterocycles. The van der Waals surface area contributed by atoms with Gasteiger partial charge in [0.05, 0.1) is 2.88 Å². The summed E-state index contributed by atoms with van der Waals surface area (Å²) in [6.07, 6.45) is 0. The predicted octanol–water partition coefficient (Wildman–Crippen LogP) is 4.11. The lowest BCUT2D eigenvalue weighted by molar-refractivity contribution is 0.476. The lowest BCUT2D eigenvalue weighted by Gasteiger charge is -1.98. The van der Waals surface area contributed by atoms with Gasteiger partial charge in [0, 0.05) is 10.0 Å². The van der Waals surface area contributed by atoms with Crippen molar-refractivity contribution in [3.63, 3.8) is 0 Å². The van der Waals surface area contributed by atoms with E-state index in [0.717, 1.165) is 16.3 Å². The molecule has 2 rings (SSSR count). The Labute approximate surface area is 102 Å². The molecule has 1 N–H and O–H groups in total. The van der Waals surface area contributed by atoms with E-state index in [0.29, 0.717) is 5.75 Å². The fraction of sp³-hybridized carbons (Fsp3) is 0.111. The third kappa shape index (κ3) is 1.85. The van der Waals surface area contributed by atoms with Crippen LogP contribution in [-0.2, 0) is 5.33 Å². The van der Waals surface area contributed by atoms with Gasteiger partial charge in [-0.1, -0.05) is 15.9 Å². The van der Waals surface area contributed by atoms with Gasteiger partial charge in [0.1, 0.15) is 5.75 Å². The highest BCUT2D eigenvalue weighted by atomic mass is 127. The second-order valence-corrected chi connectivity index (χ2v) is 6.21. The zero-order valence-electron chi connectivity index (χ0n) is 6.55. The number of hydrogen-bond donors (Lipinski definition) is 1. The van der Waals surface area contributed by atoms with Crippen LogP contribution in [0.5, 0.6) is 5.75 Å². The third-order valence-corrected chi connectivity index (χ3v) is 4.38. The van der Waals surface area contributed by atoms with Crippen molar-refractivity contribution in [3.05, 3.63) is 26.6 Å². The Balaban J connectivity index is 2.80. The van der Waals surface area contributed by atoms with E-state index in [1.165, 1.54) is 7.58 Å². The Bertz CT molecular complexity index is 452. The standard InChI is InChI=1S/C9H6BrIOS/c10-4-6-2-7(12)1-5-3-8(11)13-9(5)6/h1-3,12H,4H2. The second kappa shape index (κ2) is 3.74. The molecule has 0 saturated carbocycles. The van der Waals surface area contributed by atoms with Crippen LogP contribution in [-0.4, -0.2) is 5.11 Å². The summed E-state index contributed by atoms with van der Waals surface area (Å²) in [5.74, 6) is 0.344. The number of fused-ring (bicyclic) bond motifs is 1. The zero-order valence-corrected chi connectivity index (χ0v) is 11.1. The summed E-state index contributed by atoms with van der Waals surface area (Å²) in [5, 5.41) is 11.3. The molecule has 0 spiro atoms. The van der Waals surface area contributed by atoms with Crippen LogP contribution in [0, 0.1) is 2.88 Å². The summed E-state index contributed by atoms with van der Waals surface area (Å²) in [4.78, 5) is 0. The Kier molecular flexibility index (Phi) is 2.80. The van der Waals surface area contributed by atoms with Gasteiger partial charge in [-0.3, -0.25) is 0 Å². The van der Waals surface area contributed by atoms with Crippen molar-refractivity contribution in [1.82, 2.24) is 0 Å². The predicted molar refractivity (Wildman–Crippen MR) is 68.8 cm³/mol. The Morgan fingerprint density at radius 3 is 2.85 bits per heavy atom. The maximum atomic E-state index is 9.43. The molecular weight excluding hydrogens is 363 g/mol. The van der Waals surface area contributed by atoms with Gasteiger partial charge in [0.2, 0.25) is 0 Å². The van der Waals surface area contributed by atoms with Gasteiger partial charge < -0.3 is 5.11 Å². The maximum absolute atomic E-state index is 9.43. The van der Waals surface area contributed by atoms with Crippen LogP contribution in [0.3, 0.4) is 0 Å². The molecule has 0 saturated heterocycles. The summed E-state index contributed by atoms with van der Waals surface area (Å²) in [5.41, 5.74) is 1.16. The SMILES string of the molecule is Oc1cc(CBr)c2sc(I)cc2c1. The monoisotopic (exact) mass is 368 g/mol. The molecule has 1 heterocycles. The largest absolute Gasteiger partial charge is 0.508 e. The van der Waals surface area contributed by atoms with Gasteiger partial charge in [0.15, 0.2) is 0 Å². The average molecular weight is 369 g/mol. The lowest BCUT2D eigenvalue weighted by atomic mass is 10.2. The minimum Gasteiger partial charge on any atom is -0.508 e. The zero-order chi connectivity index (χ0) is 9.42. The van der Waals surface area contributed by atoms with E-state index in [4.69, 9.17) is 0 Å². The fourth-order valence-electron chi connectivity index (χ4n) is 1.28. The van der Waals surface area contributed by atoms with Crippen molar-refractivity contribution in [1.29, 1.82) is 0 Å². The smallest absolute Gasteiger partial charge is 0.116 e. The second-order valence-electron chi connectivity index (χ2n) is 2.71. The molecule has 0 unspecified atom stereocenters. The number of benzene rings is 1. The van der Waals surface area contributed by atoms with Crippen molar-refractivity contribution in [3.8, 4) is 5.75 Å². The molecule has 0 amide bonds. The van der Waals surface area contributed by atoms with E-state index < -0.39 is 0 Å². The minimum absolute atomic E-state index is 0.344. The van der Waals surface area contributed by atoms with E-state index in [1.807, 2.05) is 6.07 Å². The molecule has 1 nitrogen and oxygen atoms in total. The maximum Gasteiger partial charge on any atom is 0.116 e. The molecule has 4 heteroatoms. The third-order valence-electron chi connectivity index (χ3n) is 1.79. The summed E-state index contributed by atoms with van der Waals surface area (Å²) < 4.78 is 2.51. The van der Waals surface area contributed by atoms with Gasteiger partial charge in [-0.2, -0.15) is 0 Å². The molecular formula is C9H6BrIOS. The first kappa shape index (κ1) is 9.73. The Morgan fingerprint density at radius 2 is 2.15 bits per heavy atom.